The zero-order valence-electron chi connectivity index (χ0n) is 12.6. The number of hydrogen-bond acceptors (Lipinski definition) is 2. The molecule has 0 amide bonds. The van der Waals surface area contributed by atoms with E-state index in [4.69, 9.17) is 10.5 Å². The van der Waals surface area contributed by atoms with Crippen LogP contribution in [-0.2, 0) is 0 Å². The van der Waals surface area contributed by atoms with Crippen LogP contribution < -0.4 is 10.5 Å². The second kappa shape index (κ2) is 5.47. The summed E-state index contributed by atoms with van der Waals surface area (Å²) in [5.74, 6) is 0.904. The predicted molar refractivity (Wildman–Crippen MR) is 89.7 cm³/mol. The van der Waals surface area contributed by atoms with Gasteiger partial charge in [0.05, 0.1) is 0 Å². The quantitative estimate of drug-likeness (QED) is 0.797. The van der Waals surface area contributed by atoms with Gasteiger partial charge < -0.3 is 10.5 Å². The van der Waals surface area contributed by atoms with Crippen LogP contribution in [0.1, 0.15) is 46.4 Å². The van der Waals surface area contributed by atoms with Crippen LogP contribution in [0, 0.1) is 20.8 Å². The minimum Gasteiger partial charge on any atom is -0.485 e. The number of benzene rings is 2. The maximum Gasteiger partial charge on any atom is 0.126 e. The lowest BCUT2D eigenvalue weighted by Crippen LogP contribution is -2.25. The Balaban J connectivity index is 2.02. The molecule has 0 aromatic heterocycles. The molecule has 1 aliphatic heterocycles. The molecule has 1 unspecified atom stereocenters. The van der Waals surface area contributed by atoms with Crippen molar-refractivity contribution in [2.45, 2.75) is 39.3 Å². The number of rotatable bonds is 1. The van der Waals surface area contributed by atoms with E-state index < -0.39 is 0 Å². The molecule has 3 heteroatoms. The summed E-state index contributed by atoms with van der Waals surface area (Å²) in [6.07, 6.45) is 0.850. The number of nitrogens with two attached hydrogens (primary N) is 1. The molecular formula is C18H20BrNO. The highest BCUT2D eigenvalue weighted by Crippen LogP contribution is 2.42. The average molecular weight is 346 g/mol. The Morgan fingerprint density at radius 2 is 1.76 bits per heavy atom. The van der Waals surface area contributed by atoms with E-state index >= 15 is 0 Å². The van der Waals surface area contributed by atoms with Gasteiger partial charge in [0.2, 0.25) is 0 Å². The van der Waals surface area contributed by atoms with Crippen molar-refractivity contribution >= 4 is 15.9 Å². The third-order valence-electron chi connectivity index (χ3n) is 4.17. The summed E-state index contributed by atoms with van der Waals surface area (Å²) in [6.45, 7) is 6.44. The van der Waals surface area contributed by atoms with Gasteiger partial charge in [-0.2, -0.15) is 0 Å². The lowest BCUT2D eigenvalue weighted by atomic mass is 9.88. The van der Waals surface area contributed by atoms with Crippen molar-refractivity contribution in [2.24, 2.45) is 5.73 Å². The topological polar surface area (TPSA) is 35.2 Å². The number of halogens is 1. The molecule has 0 saturated carbocycles. The molecule has 2 atom stereocenters. The number of ether oxygens (including phenoxy) is 1. The Morgan fingerprint density at radius 1 is 1.10 bits per heavy atom. The molecule has 2 aromatic carbocycles. The fourth-order valence-electron chi connectivity index (χ4n) is 3.35. The van der Waals surface area contributed by atoms with Crippen molar-refractivity contribution in [3.63, 3.8) is 0 Å². The second-order valence-corrected chi connectivity index (χ2v) is 6.86. The van der Waals surface area contributed by atoms with Crippen molar-refractivity contribution in [3.05, 3.63) is 62.6 Å². The molecule has 2 nitrogen and oxygen atoms in total. The van der Waals surface area contributed by atoms with Gasteiger partial charge in [-0.05, 0) is 55.7 Å². The maximum atomic E-state index is 6.37. The van der Waals surface area contributed by atoms with E-state index in [-0.39, 0.29) is 12.1 Å². The highest BCUT2D eigenvalue weighted by molar-refractivity contribution is 9.10. The first-order valence-corrected chi connectivity index (χ1v) is 8.04. The van der Waals surface area contributed by atoms with E-state index in [0.717, 1.165) is 22.2 Å². The Morgan fingerprint density at radius 3 is 2.43 bits per heavy atom. The third-order valence-corrected chi connectivity index (χ3v) is 4.66. The van der Waals surface area contributed by atoms with Gasteiger partial charge in [0.15, 0.2) is 0 Å². The molecule has 21 heavy (non-hydrogen) atoms. The molecule has 110 valence electrons. The van der Waals surface area contributed by atoms with E-state index in [9.17, 15) is 0 Å². The molecule has 0 spiro atoms. The zero-order chi connectivity index (χ0) is 15.1. The molecule has 2 N–H and O–H groups in total. The fraction of sp³-hybridized carbons (Fsp3) is 0.333. The SMILES string of the molecule is Cc1cc(C)c(C2C[C@H](N)c3cc(Br)ccc3O2)c(C)c1. The largest absolute Gasteiger partial charge is 0.485 e. The molecule has 0 bridgehead atoms. The summed E-state index contributed by atoms with van der Waals surface area (Å²) in [4.78, 5) is 0. The Labute approximate surface area is 134 Å². The molecule has 0 saturated heterocycles. The number of aryl methyl sites for hydroxylation is 3. The van der Waals surface area contributed by atoms with Gasteiger partial charge in [0.1, 0.15) is 11.9 Å². The van der Waals surface area contributed by atoms with Crippen LogP contribution in [0.25, 0.3) is 0 Å². The van der Waals surface area contributed by atoms with Gasteiger partial charge >= 0.3 is 0 Å². The highest BCUT2D eigenvalue weighted by Gasteiger charge is 2.29. The second-order valence-electron chi connectivity index (χ2n) is 5.94. The van der Waals surface area contributed by atoms with Crippen LogP contribution in [0.5, 0.6) is 5.75 Å². The molecule has 3 rings (SSSR count). The molecule has 1 heterocycles. The van der Waals surface area contributed by atoms with Crippen LogP contribution in [0.4, 0.5) is 0 Å². The smallest absolute Gasteiger partial charge is 0.126 e. The molecule has 0 aliphatic carbocycles. The van der Waals surface area contributed by atoms with E-state index in [1.54, 1.807) is 0 Å². The van der Waals surface area contributed by atoms with Gasteiger partial charge in [0.25, 0.3) is 0 Å². The van der Waals surface area contributed by atoms with Crippen LogP contribution in [0.15, 0.2) is 34.8 Å². The van der Waals surface area contributed by atoms with Crippen molar-refractivity contribution in [2.75, 3.05) is 0 Å². The van der Waals surface area contributed by atoms with Crippen molar-refractivity contribution in [3.8, 4) is 5.75 Å². The van der Waals surface area contributed by atoms with E-state index in [1.807, 2.05) is 12.1 Å². The first-order chi connectivity index (χ1) is 9.95. The normalized spacial score (nSPS) is 20.8. The molecule has 1 aliphatic rings. The van der Waals surface area contributed by atoms with Gasteiger partial charge in [-0.15, -0.1) is 0 Å². The minimum absolute atomic E-state index is 0.0105. The summed E-state index contributed by atoms with van der Waals surface area (Å²) < 4.78 is 7.29. The van der Waals surface area contributed by atoms with Gasteiger partial charge in [-0.1, -0.05) is 33.6 Å². The van der Waals surface area contributed by atoms with Gasteiger partial charge in [-0.3, -0.25) is 0 Å². The Hall–Kier alpha value is -1.32. The molecule has 0 radical (unpaired) electrons. The molecular weight excluding hydrogens is 326 g/mol. The summed E-state index contributed by atoms with van der Waals surface area (Å²) in [6, 6.07) is 10.5. The van der Waals surface area contributed by atoms with E-state index in [0.29, 0.717) is 0 Å². The third kappa shape index (κ3) is 2.72. The van der Waals surface area contributed by atoms with Crippen LogP contribution in [-0.4, -0.2) is 0 Å². The van der Waals surface area contributed by atoms with E-state index in [2.05, 4.69) is 54.9 Å². The predicted octanol–water partition coefficient (Wildman–Crippen LogP) is 4.90. The van der Waals surface area contributed by atoms with Crippen molar-refractivity contribution in [1.29, 1.82) is 0 Å². The summed E-state index contributed by atoms with van der Waals surface area (Å²) in [5.41, 5.74) is 12.6. The van der Waals surface area contributed by atoms with Gasteiger partial charge in [0, 0.05) is 22.5 Å². The van der Waals surface area contributed by atoms with Crippen LogP contribution in [0.2, 0.25) is 0 Å². The number of hydrogen-bond donors (Lipinski definition) is 1. The Bertz CT molecular complexity index is 673. The van der Waals surface area contributed by atoms with Crippen molar-refractivity contribution < 1.29 is 4.74 Å². The summed E-state index contributed by atoms with van der Waals surface area (Å²) in [5, 5.41) is 0. The summed E-state index contributed by atoms with van der Waals surface area (Å²) >= 11 is 3.50. The summed E-state index contributed by atoms with van der Waals surface area (Å²) in [7, 11) is 0. The number of fused-ring (bicyclic) bond motifs is 1. The lowest BCUT2D eigenvalue weighted by Gasteiger charge is -2.32. The standard InChI is InChI=1S/C18H20BrNO/c1-10-6-11(2)18(12(3)7-10)17-9-15(20)14-8-13(19)4-5-16(14)21-17/h4-8,15,17H,9,20H2,1-3H3/t15-,17?/m0/s1. The monoisotopic (exact) mass is 345 g/mol. The Kier molecular flexibility index (Phi) is 3.80. The van der Waals surface area contributed by atoms with Crippen molar-refractivity contribution in [1.82, 2.24) is 0 Å². The fourth-order valence-corrected chi connectivity index (χ4v) is 3.73. The lowest BCUT2D eigenvalue weighted by molar-refractivity contribution is 0.160. The molecule has 0 fully saturated rings. The highest BCUT2D eigenvalue weighted by atomic mass is 79.9. The first-order valence-electron chi connectivity index (χ1n) is 7.25. The van der Waals surface area contributed by atoms with Gasteiger partial charge in [-0.25, -0.2) is 0 Å². The van der Waals surface area contributed by atoms with Crippen LogP contribution in [0.3, 0.4) is 0 Å². The van der Waals surface area contributed by atoms with Crippen LogP contribution >= 0.6 is 15.9 Å². The molecule has 2 aromatic rings. The maximum absolute atomic E-state index is 6.37. The first kappa shape index (κ1) is 14.6. The average Bonchev–Trinajstić information content (AvgIpc) is 2.38. The zero-order valence-corrected chi connectivity index (χ0v) is 14.2. The van der Waals surface area contributed by atoms with E-state index in [1.165, 1.54) is 22.3 Å². The minimum atomic E-state index is 0.0105.